The minimum absolute atomic E-state index is 0.0260. The first kappa shape index (κ1) is 11.7. The first-order valence-electron chi connectivity index (χ1n) is 5.80. The number of aromatic nitrogens is 1. The standard InChI is InChI=1S/C13H17N3O/c1-8-5-10(17)15-12-11(8)9(6-14)7-16(12)13(2,3)4/h7-8H,5H2,1-4H3,(H,15,17)/t8-/m0/s1. The topological polar surface area (TPSA) is 57.8 Å². The summed E-state index contributed by atoms with van der Waals surface area (Å²) >= 11 is 0. The Hall–Kier alpha value is -1.76. The molecule has 4 heteroatoms. The lowest BCUT2D eigenvalue weighted by Gasteiger charge is -2.28. The molecule has 0 aliphatic carbocycles. The number of carbonyl (C=O) groups is 1. The van der Waals surface area contributed by atoms with Crippen LogP contribution in [0.2, 0.25) is 0 Å². The molecule has 0 radical (unpaired) electrons. The van der Waals surface area contributed by atoms with Crippen molar-refractivity contribution >= 4 is 11.7 Å². The van der Waals surface area contributed by atoms with Crippen LogP contribution in [0.15, 0.2) is 6.20 Å². The molecule has 2 rings (SSSR count). The second-order valence-electron chi connectivity index (χ2n) is 5.61. The van der Waals surface area contributed by atoms with Gasteiger partial charge >= 0.3 is 0 Å². The van der Waals surface area contributed by atoms with Crippen molar-refractivity contribution < 1.29 is 4.79 Å². The number of fused-ring (bicyclic) bond motifs is 1. The third-order valence-electron chi connectivity index (χ3n) is 3.13. The molecule has 1 aliphatic rings. The van der Waals surface area contributed by atoms with E-state index in [-0.39, 0.29) is 17.4 Å². The molecule has 1 atom stereocenters. The molecule has 1 aromatic rings. The Bertz CT molecular complexity index is 514. The van der Waals surface area contributed by atoms with E-state index < -0.39 is 0 Å². The van der Waals surface area contributed by atoms with Crippen LogP contribution in [0.5, 0.6) is 0 Å². The number of nitrogens with zero attached hydrogens (tertiary/aromatic N) is 2. The highest BCUT2D eigenvalue weighted by molar-refractivity contribution is 5.94. The molecular weight excluding hydrogens is 214 g/mol. The first-order valence-corrected chi connectivity index (χ1v) is 5.80. The Kier molecular flexibility index (Phi) is 2.50. The molecule has 17 heavy (non-hydrogen) atoms. The lowest BCUT2D eigenvalue weighted by molar-refractivity contribution is -0.116. The lowest BCUT2D eigenvalue weighted by atomic mass is 9.93. The fourth-order valence-corrected chi connectivity index (χ4v) is 2.33. The van der Waals surface area contributed by atoms with Gasteiger partial charge in [0.1, 0.15) is 11.9 Å². The van der Waals surface area contributed by atoms with Gasteiger partial charge in [-0.1, -0.05) is 6.92 Å². The van der Waals surface area contributed by atoms with E-state index >= 15 is 0 Å². The fourth-order valence-electron chi connectivity index (χ4n) is 2.33. The van der Waals surface area contributed by atoms with E-state index in [1.165, 1.54) is 0 Å². The van der Waals surface area contributed by atoms with E-state index in [0.29, 0.717) is 12.0 Å². The Morgan fingerprint density at radius 2 is 2.18 bits per heavy atom. The summed E-state index contributed by atoms with van der Waals surface area (Å²) in [7, 11) is 0. The van der Waals surface area contributed by atoms with Crippen LogP contribution in [-0.4, -0.2) is 10.5 Å². The maximum absolute atomic E-state index is 11.6. The van der Waals surface area contributed by atoms with Crippen molar-refractivity contribution in [2.75, 3.05) is 5.32 Å². The summed E-state index contributed by atoms with van der Waals surface area (Å²) < 4.78 is 1.98. The van der Waals surface area contributed by atoms with Crippen molar-refractivity contribution in [3.8, 4) is 6.07 Å². The second kappa shape index (κ2) is 3.63. The van der Waals surface area contributed by atoms with Crippen molar-refractivity contribution in [3.63, 3.8) is 0 Å². The van der Waals surface area contributed by atoms with E-state index in [4.69, 9.17) is 0 Å². The summed E-state index contributed by atoms with van der Waals surface area (Å²) in [5.74, 6) is 0.924. The summed E-state index contributed by atoms with van der Waals surface area (Å²) in [5.41, 5.74) is 1.49. The van der Waals surface area contributed by atoms with Crippen LogP contribution in [0.3, 0.4) is 0 Å². The Labute approximate surface area is 101 Å². The zero-order valence-electron chi connectivity index (χ0n) is 10.7. The van der Waals surface area contributed by atoms with Crippen LogP contribution in [-0.2, 0) is 10.3 Å². The molecule has 0 saturated carbocycles. The van der Waals surface area contributed by atoms with E-state index in [1.807, 2.05) is 17.7 Å². The van der Waals surface area contributed by atoms with E-state index in [2.05, 4.69) is 32.2 Å². The molecule has 0 fully saturated rings. The SMILES string of the molecule is C[C@H]1CC(=O)Nc2c1c(C#N)cn2C(C)(C)C. The van der Waals surface area contributed by atoms with Gasteiger partial charge in [-0.2, -0.15) is 5.26 Å². The number of hydrogen-bond donors (Lipinski definition) is 1. The average molecular weight is 231 g/mol. The van der Waals surface area contributed by atoms with Crippen LogP contribution in [0, 0.1) is 11.3 Å². The van der Waals surface area contributed by atoms with Crippen LogP contribution in [0.4, 0.5) is 5.82 Å². The molecule has 0 bridgehead atoms. The Morgan fingerprint density at radius 3 is 2.71 bits per heavy atom. The summed E-state index contributed by atoms with van der Waals surface area (Å²) in [6, 6.07) is 2.22. The maximum atomic E-state index is 11.6. The number of hydrogen-bond acceptors (Lipinski definition) is 2. The van der Waals surface area contributed by atoms with Gasteiger partial charge in [0.15, 0.2) is 0 Å². The number of anilines is 1. The third-order valence-corrected chi connectivity index (χ3v) is 3.13. The first-order chi connectivity index (χ1) is 7.84. The van der Waals surface area contributed by atoms with E-state index in [1.54, 1.807) is 0 Å². The number of carbonyl (C=O) groups excluding carboxylic acids is 1. The van der Waals surface area contributed by atoms with E-state index in [9.17, 15) is 10.1 Å². The highest BCUT2D eigenvalue weighted by Crippen LogP contribution is 2.38. The average Bonchev–Trinajstić information content (AvgIpc) is 2.55. The summed E-state index contributed by atoms with van der Waals surface area (Å²) in [4.78, 5) is 11.6. The Balaban J connectivity index is 2.67. The molecule has 0 unspecified atom stereocenters. The third kappa shape index (κ3) is 1.82. The van der Waals surface area contributed by atoms with Gasteiger partial charge in [0.05, 0.1) is 5.56 Å². The predicted molar refractivity (Wildman–Crippen MR) is 65.8 cm³/mol. The van der Waals surface area contributed by atoms with Crippen molar-refractivity contribution in [3.05, 3.63) is 17.3 Å². The highest BCUT2D eigenvalue weighted by Gasteiger charge is 2.31. The van der Waals surface area contributed by atoms with Crippen molar-refractivity contribution in [1.29, 1.82) is 5.26 Å². The molecule has 90 valence electrons. The molecule has 1 N–H and O–H groups in total. The summed E-state index contributed by atoms with van der Waals surface area (Å²) in [6.45, 7) is 8.16. The van der Waals surface area contributed by atoms with Crippen molar-refractivity contribution in [2.24, 2.45) is 0 Å². The zero-order chi connectivity index (χ0) is 12.8. The van der Waals surface area contributed by atoms with Gasteiger partial charge in [-0.15, -0.1) is 0 Å². The molecule has 1 aliphatic heterocycles. The molecular formula is C13H17N3O. The van der Waals surface area contributed by atoms with Gasteiger partial charge in [0.25, 0.3) is 0 Å². The molecule has 1 aromatic heterocycles. The van der Waals surface area contributed by atoms with Gasteiger partial charge in [-0.05, 0) is 26.7 Å². The minimum atomic E-state index is -0.149. The molecule has 0 saturated heterocycles. The number of amides is 1. The molecule has 0 aromatic carbocycles. The smallest absolute Gasteiger partial charge is 0.226 e. The lowest BCUT2D eigenvalue weighted by Crippen LogP contribution is -2.28. The van der Waals surface area contributed by atoms with Gasteiger partial charge in [-0.25, -0.2) is 0 Å². The number of rotatable bonds is 0. The quantitative estimate of drug-likeness (QED) is 0.746. The monoisotopic (exact) mass is 231 g/mol. The fraction of sp³-hybridized carbons (Fsp3) is 0.538. The van der Waals surface area contributed by atoms with Gasteiger partial charge < -0.3 is 9.88 Å². The molecule has 4 nitrogen and oxygen atoms in total. The zero-order valence-corrected chi connectivity index (χ0v) is 10.7. The van der Waals surface area contributed by atoms with Crippen LogP contribution in [0.25, 0.3) is 0 Å². The molecule has 0 spiro atoms. The summed E-state index contributed by atoms with van der Waals surface area (Å²) in [6.07, 6.45) is 2.29. The predicted octanol–water partition coefficient (Wildman–Crippen LogP) is 2.56. The maximum Gasteiger partial charge on any atom is 0.226 e. The van der Waals surface area contributed by atoms with Crippen molar-refractivity contribution in [2.45, 2.75) is 45.6 Å². The van der Waals surface area contributed by atoms with Gasteiger partial charge in [0.2, 0.25) is 5.91 Å². The summed E-state index contributed by atoms with van der Waals surface area (Å²) in [5, 5.41) is 12.1. The largest absolute Gasteiger partial charge is 0.328 e. The molecule has 1 amide bonds. The van der Waals surface area contributed by atoms with Crippen LogP contribution < -0.4 is 5.32 Å². The van der Waals surface area contributed by atoms with Gasteiger partial charge in [0, 0.05) is 23.7 Å². The molecule has 2 heterocycles. The van der Waals surface area contributed by atoms with Crippen LogP contribution >= 0.6 is 0 Å². The van der Waals surface area contributed by atoms with Gasteiger partial charge in [-0.3, -0.25) is 4.79 Å². The minimum Gasteiger partial charge on any atom is -0.328 e. The number of nitrogens with one attached hydrogen (secondary N) is 1. The highest BCUT2D eigenvalue weighted by atomic mass is 16.1. The normalized spacial score (nSPS) is 19.5. The van der Waals surface area contributed by atoms with Crippen LogP contribution in [0.1, 0.15) is 51.2 Å². The van der Waals surface area contributed by atoms with E-state index in [0.717, 1.165) is 11.4 Å². The number of nitriles is 1. The van der Waals surface area contributed by atoms with Crippen molar-refractivity contribution in [1.82, 2.24) is 4.57 Å². The Morgan fingerprint density at radius 1 is 1.53 bits per heavy atom. The second-order valence-corrected chi connectivity index (χ2v) is 5.61.